The lowest BCUT2D eigenvalue weighted by Gasteiger charge is -2.12. The number of benzene rings is 2. The van der Waals surface area contributed by atoms with Crippen molar-refractivity contribution in [2.24, 2.45) is 51.8 Å². The average molecular weight is 934 g/mol. The van der Waals surface area contributed by atoms with Gasteiger partial charge in [0.05, 0.1) is 0 Å². The highest BCUT2D eigenvalue weighted by Gasteiger charge is 2.28. The second-order valence-corrected chi connectivity index (χ2v) is 13.6. The lowest BCUT2D eigenvalue weighted by molar-refractivity contribution is -0.140. The summed E-state index contributed by atoms with van der Waals surface area (Å²) in [6.07, 6.45) is 2.37. The maximum Gasteiger partial charge on any atom is 0.321 e. The minimum Gasteiger partial charge on any atom is -0.480 e. The standard InChI is InChI=1S/C10H13NO2.C9H6F5NO2.C7H15NO2.C5H12N2O2.C4H10N2O2.C3H8N2O2/c11-9(10(12)13)7-6-8-4-2-1-3-5-8;10-4-2(1-3(15)9(16)17)5(11)7(13)8(14)6(4)12;1-5(2)4-6(8-3)7(9)10;6-3-1-2-4(7)5(8)9;5-2-1-3(6)4(7)8;4-1-2(5)3(6)7/h1-5,9H,6-7,11H2,(H,12,13);3H,1,15H2,(H,16,17);5-6,8H,4H2,1-3H3,(H,9,10);4H,1-3,6-7H2,(H,8,9);3H,1-2,5-6H2,(H,7,8);2H,1,4-5H2,(H,6,7)/t9-;3-;6-;4-;3-;2-/m000000/s1. The molecule has 0 radical (unpaired) electrons. The third-order valence-electron chi connectivity index (χ3n) is 7.70. The topological polar surface area (TPSA) is 444 Å². The maximum absolute atomic E-state index is 13.1. The summed E-state index contributed by atoms with van der Waals surface area (Å²) in [5, 5.41) is 52.6. The van der Waals surface area contributed by atoms with Crippen LogP contribution in [0.1, 0.15) is 57.1 Å². The van der Waals surface area contributed by atoms with Gasteiger partial charge in [0, 0.05) is 18.5 Å². The summed E-state index contributed by atoms with van der Waals surface area (Å²) >= 11 is 0. The zero-order chi connectivity index (χ0) is 50.9. The Bertz CT molecular complexity index is 1660. The number of aliphatic carboxylic acids is 6. The Hall–Kier alpha value is -5.45. The van der Waals surface area contributed by atoms with E-state index < -0.39 is 107 Å². The molecule has 368 valence electrons. The third-order valence-corrected chi connectivity index (χ3v) is 7.70. The summed E-state index contributed by atoms with van der Waals surface area (Å²) in [6.45, 7) is 4.84. The Morgan fingerprint density at radius 2 is 0.938 bits per heavy atom. The van der Waals surface area contributed by atoms with E-state index in [0.29, 0.717) is 57.5 Å². The minimum atomic E-state index is -2.30. The molecule has 0 saturated heterocycles. The first-order valence-corrected chi connectivity index (χ1v) is 19.1. The Labute approximate surface area is 366 Å². The number of hydrogen-bond acceptors (Lipinski definition) is 15. The molecule has 26 heteroatoms. The van der Waals surface area contributed by atoms with Crippen LogP contribution in [0.25, 0.3) is 0 Å². The van der Waals surface area contributed by atoms with E-state index in [0.717, 1.165) is 5.56 Å². The summed E-state index contributed by atoms with van der Waals surface area (Å²) in [5.74, 6) is -16.6. The van der Waals surface area contributed by atoms with Crippen LogP contribution in [0, 0.1) is 35.0 Å². The van der Waals surface area contributed by atoms with Crippen molar-refractivity contribution in [3.8, 4) is 0 Å². The number of carboxylic acids is 6. The number of carbonyl (C=O) groups is 6. The predicted molar refractivity (Wildman–Crippen MR) is 224 cm³/mol. The molecule has 0 fully saturated rings. The van der Waals surface area contributed by atoms with Crippen LogP contribution in [-0.2, 0) is 41.6 Å². The van der Waals surface area contributed by atoms with Crippen LogP contribution in [0.2, 0.25) is 0 Å². The fourth-order valence-corrected chi connectivity index (χ4v) is 3.91. The molecule has 0 aromatic heterocycles. The number of hydrogen-bond donors (Lipinski definition) is 15. The molecule has 0 aliphatic rings. The van der Waals surface area contributed by atoms with Crippen molar-refractivity contribution >= 4 is 35.8 Å². The predicted octanol–water partition coefficient (Wildman–Crippen LogP) is -0.686. The number of nitrogens with one attached hydrogen (secondary N) is 1. The van der Waals surface area contributed by atoms with Gasteiger partial charge in [-0.05, 0) is 70.1 Å². The van der Waals surface area contributed by atoms with Gasteiger partial charge < -0.3 is 81.8 Å². The molecule has 0 spiro atoms. The number of aryl methyl sites for hydroxylation is 1. The Morgan fingerprint density at radius 3 is 1.22 bits per heavy atom. The van der Waals surface area contributed by atoms with E-state index in [1.54, 1.807) is 7.05 Å². The van der Waals surface area contributed by atoms with Crippen molar-refractivity contribution < 1.29 is 81.4 Å². The van der Waals surface area contributed by atoms with Gasteiger partial charge >= 0.3 is 35.8 Å². The number of carboxylic acid groups (broad SMARTS) is 6. The Kier molecular flexibility index (Phi) is 37.6. The van der Waals surface area contributed by atoms with Crippen LogP contribution in [0.5, 0.6) is 0 Å². The largest absolute Gasteiger partial charge is 0.480 e. The number of rotatable bonds is 20. The SMILES string of the molecule is CN[C@@H](CC(C)C)C(=O)O.NCCC[C@H](N)C(=O)O.NCC[C@H](N)C(=O)O.NC[C@H](N)C(=O)O.N[C@@H](CCc1ccccc1)C(=O)O.N[C@@H](Cc1c(F)c(F)c(F)c(F)c1F)C(=O)O. The van der Waals surface area contributed by atoms with Gasteiger partial charge in [0.2, 0.25) is 5.82 Å². The Morgan fingerprint density at radius 1 is 0.547 bits per heavy atom. The molecule has 0 saturated carbocycles. The van der Waals surface area contributed by atoms with Crippen molar-refractivity contribution in [2.75, 3.05) is 26.7 Å². The molecule has 23 N–H and O–H groups in total. The first kappa shape index (κ1) is 65.2. The second-order valence-electron chi connectivity index (χ2n) is 13.6. The molecule has 64 heavy (non-hydrogen) atoms. The fraction of sp³-hybridized carbons (Fsp3) is 0.526. The first-order valence-electron chi connectivity index (χ1n) is 19.1. The average Bonchev–Trinajstić information content (AvgIpc) is 3.24. The van der Waals surface area contributed by atoms with Gasteiger partial charge in [-0.1, -0.05) is 44.2 Å². The number of halogens is 5. The highest BCUT2D eigenvalue weighted by atomic mass is 19.2. The molecule has 2 rings (SSSR count). The highest BCUT2D eigenvalue weighted by molar-refractivity contribution is 5.75. The molecular formula is C38H64F5N9O12. The van der Waals surface area contributed by atoms with Crippen LogP contribution in [0.3, 0.4) is 0 Å². The van der Waals surface area contributed by atoms with Crippen molar-refractivity contribution in [2.45, 2.75) is 95.0 Å². The highest BCUT2D eigenvalue weighted by Crippen LogP contribution is 2.23. The fourth-order valence-electron chi connectivity index (χ4n) is 3.91. The normalized spacial score (nSPS) is 13.0. The van der Waals surface area contributed by atoms with Gasteiger partial charge in [0.1, 0.15) is 36.3 Å². The molecule has 0 aliphatic heterocycles. The summed E-state index contributed by atoms with van der Waals surface area (Å²) in [5.41, 5.74) is 40.3. The van der Waals surface area contributed by atoms with E-state index in [2.05, 4.69) is 5.32 Å². The second kappa shape index (κ2) is 37.0. The third kappa shape index (κ3) is 31.4. The molecule has 6 atom stereocenters. The van der Waals surface area contributed by atoms with Crippen molar-refractivity contribution in [3.63, 3.8) is 0 Å². The molecule has 2 aromatic rings. The van der Waals surface area contributed by atoms with Gasteiger partial charge in [0.15, 0.2) is 23.3 Å². The zero-order valence-electron chi connectivity index (χ0n) is 35.6. The molecule has 0 heterocycles. The molecule has 0 unspecified atom stereocenters. The van der Waals surface area contributed by atoms with Crippen LogP contribution < -0.4 is 51.2 Å². The van der Waals surface area contributed by atoms with Crippen molar-refractivity contribution in [3.05, 3.63) is 70.5 Å². The lowest BCUT2D eigenvalue weighted by Crippen LogP contribution is -2.37. The van der Waals surface area contributed by atoms with Gasteiger partial charge in [-0.25, -0.2) is 22.0 Å². The quantitative estimate of drug-likeness (QED) is 0.0444. The number of likely N-dealkylation sites (N-methyl/N-ethyl adjacent to an activating group) is 1. The van der Waals surface area contributed by atoms with E-state index in [1.807, 2.05) is 44.2 Å². The molecule has 0 amide bonds. The number of nitrogens with two attached hydrogens (primary N) is 8. The summed E-state index contributed by atoms with van der Waals surface area (Å²) in [7, 11) is 1.67. The summed E-state index contributed by atoms with van der Waals surface area (Å²) in [6, 6.07) is 4.39. The molecule has 2 aromatic carbocycles. The van der Waals surface area contributed by atoms with Gasteiger partial charge in [-0.3, -0.25) is 28.8 Å². The van der Waals surface area contributed by atoms with Gasteiger partial charge in [-0.2, -0.15) is 0 Å². The maximum atomic E-state index is 13.1. The first-order chi connectivity index (χ1) is 29.6. The van der Waals surface area contributed by atoms with E-state index >= 15 is 0 Å². The molecule has 21 nitrogen and oxygen atoms in total. The van der Waals surface area contributed by atoms with E-state index in [4.69, 9.17) is 76.5 Å². The van der Waals surface area contributed by atoms with Crippen molar-refractivity contribution in [1.82, 2.24) is 5.32 Å². The van der Waals surface area contributed by atoms with Crippen LogP contribution in [-0.4, -0.2) is 129 Å². The van der Waals surface area contributed by atoms with Crippen LogP contribution in [0.4, 0.5) is 22.0 Å². The monoisotopic (exact) mass is 933 g/mol. The van der Waals surface area contributed by atoms with E-state index in [1.165, 1.54) is 0 Å². The summed E-state index contributed by atoms with van der Waals surface area (Å²) in [4.78, 5) is 60.8. The van der Waals surface area contributed by atoms with Crippen LogP contribution >= 0.6 is 0 Å². The lowest BCUT2D eigenvalue weighted by atomic mass is 10.0. The molecule has 0 bridgehead atoms. The molecule has 0 aliphatic carbocycles. The van der Waals surface area contributed by atoms with Gasteiger partial charge in [0.25, 0.3) is 0 Å². The van der Waals surface area contributed by atoms with Gasteiger partial charge in [-0.15, -0.1) is 0 Å². The van der Waals surface area contributed by atoms with E-state index in [-0.39, 0.29) is 12.6 Å². The minimum absolute atomic E-state index is 0.00463. The summed E-state index contributed by atoms with van der Waals surface area (Å²) < 4.78 is 64.1. The van der Waals surface area contributed by atoms with E-state index in [9.17, 15) is 50.7 Å². The van der Waals surface area contributed by atoms with Crippen LogP contribution in [0.15, 0.2) is 30.3 Å². The smallest absolute Gasteiger partial charge is 0.321 e. The molecular weight excluding hydrogens is 869 g/mol. The Balaban J connectivity index is -0.000000348. The zero-order valence-corrected chi connectivity index (χ0v) is 35.6. The van der Waals surface area contributed by atoms with Crippen molar-refractivity contribution in [1.29, 1.82) is 0 Å².